The zero-order valence-corrected chi connectivity index (χ0v) is 14.1. The van der Waals surface area contributed by atoms with Crippen molar-refractivity contribution in [3.05, 3.63) is 30.4 Å². The van der Waals surface area contributed by atoms with Gasteiger partial charge in [-0.1, -0.05) is 26.0 Å². The first-order valence-corrected chi connectivity index (χ1v) is 8.22. The molecule has 1 aliphatic carbocycles. The maximum atomic E-state index is 12.8. The molecule has 2 atom stereocenters. The Morgan fingerprint density at radius 3 is 2.74 bits per heavy atom. The van der Waals surface area contributed by atoms with Crippen molar-refractivity contribution in [3.63, 3.8) is 0 Å². The molecule has 1 amide bonds. The summed E-state index contributed by atoms with van der Waals surface area (Å²) in [5, 5.41) is 3.05. The van der Waals surface area contributed by atoms with Crippen molar-refractivity contribution in [1.29, 1.82) is 0 Å². The molecule has 4 nitrogen and oxygen atoms in total. The van der Waals surface area contributed by atoms with E-state index in [4.69, 9.17) is 9.47 Å². The van der Waals surface area contributed by atoms with Crippen LogP contribution in [0.4, 0.5) is 5.69 Å². The Kier molecular flexibility index (Phi) is 4.09. The van der Waals surface area contributed by atoms with Gasteiger partial charge in [0, 0.05) is 17.7 Å². The minimum absolute atomic E-state index is 0.0262. The van der Waals surface area contributed by atoms with E-state index in [0.29, 0.717) is 5.75 Å². The highest BCUT2D eigenvalue weighted by molar-refractivity contribution is 5.93. The number of amides is 1. The van der Waals surface area contributed by atoms with Crippen LogP contribution in [-0.2, 0) is 4.79 Å². The largest absolute Gasteiger partial charge is 0.454 e. The van der Waals surface area contributed by atoms with Gasteiger partial charge in [-0.2, -0.15) is 0 Å². The van der Waals surface area contributed by atoms with E-state index in [-0.39, 0.29) is 30.0 Å². The van der Waals surface area contributed by atoms with Crippen molar-refractivity contribution in [2.45, 2.75) is 40.0 Å². The van der Waals surface area contributed by atoms with Crippen molar-refractivity contribution < 1.29 is 14.3 Å². The van der Waals surface area contributed by atoms with Crippen LogP contribution in [0.25, 0.3) is 0 Å². The molecule has 124 valence electrons. The second-order valence-electron chi connectivity index (χ2n) is 7.52. The van der Waals surface area contributed by atoms with Gasteiger partial charge in [-0.25, -0.2) is 0 Å². The lowest BCUT2D eigenvalue weighted by molar-refractivity contribution is -0.123. The lowest BCUT2D eigenvalue weighted by Gasteiger charge is -2.40. The molecule has 4 heteroatoms. The average Bonchev–Trinajstić information content (AvgIpc) is 2.93. The summed E-state index contributed by atoms with van der Waals surface area (Å²) in [6.07, 6.45) is 3.06. The van der Waals surface area contributed by atoms with Crippen molar-refractivity contribution in [2.75, 3.05) is 12.1 Å². The van der Waals surface area contributed by atoms with Crippen molar-refractivity contribution in [3.8, 4) is 11.5 Å². The third-order valence-corrected chi connectivity index (χ3v) is 5.00. The number of allylic oxidation sites excluding steroid dienone is 1. The van der Waals surface area contributed by atoms with Gasteiger partial charge in [0.05, 0.1) is 0 Å². The molecule has 0 bridgehead atoms. The highest BCUT2D eigenvalue weighted by Crippen LogP contribution is 2.44. The van der Waals surface area contributed by atoms with E-state index >= 15 is 0 Å². The Hall–Kier alpha value is -1.97. The maximum absolute atomic E-state index is 12.8. The summed E-state index contributed by atoms with van der Waals surface area (Å²) in [4.78, 5) is 12.8. The van der Waals surface area contributed by atoms with Gasteiger partial charge < -0.3 is 14.8 Å². The van der Waals surface area contributed by atoms with Gasteiger partial charge in [-0.3, -0.25) is 4.79 Å². The fourth-order valence-corrected chi connectivity index (χ4v) is 3.66. The smallest absolute Gasteiger partial charge is 0.231 e. The topological polar surface area (TPSA) is 47.6 Å². The van der Waals surface area contributed by atoms with Gasteiger partial charge >= 0.3 is 0 Å². The van der Waals surface area contributed by atoms with Crippen LogP contribution in [-0.4, -0.2) is 12.7 Å². The molecule has 23 heavy (non-hydrogen) atoms. The number of nitrogens with one attached hydrogen (secondary N) is 1. The van der Waals surface area contributed by atoms with Crippen LogP contribution >= 0.6 is 0 Å². The number of ether oxygens (including phenoxy) is 2. The van der Waals surface area contributed by atoms with Crippen molar-refractivity contribution >= 4 is 11.6 Å². The van der Waals surface area contributed by atoms with Crippen LogP contribution in [0.1, 0.15) is 40.0 Å². The van der Waals surface area contributed by atoms with E-state index in [9.17, 15) is 4.79 Å². The minimum atomic E-state index is -0.0262. The van der Waals surface area contributed by atoms with Gasteiger partial charge in [-0.05, 0) is 49.7 Å². The highest BCUT2D eigenvalue weighted by atomic mass is 16.7. The molecule has 3 rings (SSSR count). The number of rotatable bonds is 3. The van der Waals surface area contributed by atoms with Gasteiger partial charge in [0.1, 0.15) is 0 Å². The third-order valence-electron chi connectivity index (χ3n) is 5.00. The molecule has 0 radical (unpaired) electrons. The number of hydrogen-bond acceptors (Lipinski definition) is 3. The first-order valence-electron chi connectivity index (χ1n) is 8.22. The molecular weight excluding hydrogens is 290 g/mol. The monoisotopic (exact) mass is 315 g/mol. The van der Waals surface area contributed by atoms with Crippen LogP contribution in [0.2, 0.25) is 0 Å². The van der Waals surface area contributed by atoms with Crippen LogP contribution in [0.15, 0.2) is 30.4 Å². The van der Waals surface area contributed by atoms with Crippen LogP contribution in [0.5, 0.6) is 11.5 Å². The Bertz CT molecular complexity index is 636. The normalized spacial score (nSPS) is 25.0. The number of benzene rings is 1. The number of carbonyl (C=O) groups excluding carboxylic acids is 1. The second-order valence-corrected chi connectivity index (χ2v) is 7.52. The van der Waals surface area contributed by atoms with Gasteiger partial charge in [-0.15, -0.1) is 0 Å². The molecule has 1 aromatic rings. The summed E-state index contributed by atoms with van der Waals surface area (Å²) in [7, 11) is 0. The molecule has 0 aromatic heterocycles. The van der Waals surface area contributed by atoms with Gasteiger partial charge in [0.25, 0.3) is 0 Å². The van der Waals surface area contributed by atoms with Crippen LogP contribution < -0.4 is 14.8 Å². The lowest BCUT2D eigenvalue weighted by Crippen LogP contribution is -2.38. The lowest BCUT2D eigenvalue weighted by atomic mass is 9.65. The summed E-state index contributed by atoms with van der Waals surface area (Å²) in [5.74, 6) is 1.72. The van der Waals surface area contributed by atoms with Crippen molar-refractivity contribution in [1.82, 2.24) is 0 Å². The summed E-state index contributed by atoms with van der Waals surface area (Å²) >= 11 is 0. The van der Waals surface area contributed by atoms with E-state index in [0.717, 1.165) is 36.3 Å². The second kappa shape index (κ2) is 5.91. The summed E-state index contributed by atoms with van der Waals surface area (Å²) < 4.78 is 10.7. The molecule has 2 unspecified atom stereocenters. The third kappa shape index (κ3) is 3.36. The number of fused-ring (bicyclic) bond motifs is 1. The number of anilines is 1. The maximum Gasteiger partial charge on any atom is 0.231 e. The number of carbonyl (C=O) groups is 1. The van der Waals surface area contributed by atoms with E-state index < -0.39 is 0 Å². The first kappa shape index (κ1) is 15.9. The molecule has 1 N–H and O–H groups in total. The SMILES string of the molecule is C=C(C)C1CCC(C)(C)CC1C(=O)Nc1ccc2c(c1)OCO2. The van der Waals surface area contributed by atoms with Crippen molar-refractivity contribution in [2.24, 2.45) is 17.3 Å². The van der Waals surface area contributed by atoms with Crippen LogP contribution in [0.3, 0.4) is 0 Å². The van der Waals surface area contributed by atoms with E-state index in [1.807, 2.05) is 25.1 Å². The predicted molar refractivity (Wildman–Crippen MR) is 90.6 cm³/mol. The molecular formula is C19H25NO3. The summed E-state index contributed by atoms with van der Waals surface area (Å²) in [5.41, 5.74) is 2.05. The minimum Gasteiger partial charge on any atom is -0.454 e. The highest BCUT2D eigenvalue weighted by Gasteiger charge is 2.39. The molecule has 0 spiro atoms. The molecule has 2 aliphatic rings. The molecule has 0 saturated heterocycles. The molecule has 1 aromatic carbocycles. The van der Waals surface area contributed by atoms with E-state index in [2.05, 4.69) is 25.7 Å². The molecule has 1 aliphatic heterocycles. The molecule has 1 fully saturated rings. The van der Waals surface area contributed by atoms with E-state index in [1.165, 1.54) is 0 Å². The first-order chi connectivity index (χ1) is 10.9. The Morgan fingerprint density at radius 1 is 1.26 bits per heavy atom. The van der Waals surface area contributed by atoms with E-state index in [1.54, 1.807) is 0 Å². The summed E-state index contributed by atoms with van der Waals surface area (Å²) in [6, 6.07) is 5.51. The van der Waals surface area contributed by atoms with Gasteiger partial charge in [0.2, 0.25) is 12.7 Å². The summed E-state index contributed by atoms with van der Waals surface area (Å²) in [6.45, 7) is 10.8. The fourth-order valence-electron chi connectivity index (χ4n) is 3.66. The quantitative estimate of drug-likeness (QED) is 0.842. The zero-order valence-electron chi connectivity index (χ0n) is 14.1. The molecule has 1 heterocycles. The zero-order chi connectivity index (χ0) is 16.6. The van der Waals surface area contributed by atoms with Gasteiger partial charge in [0.15, 0.2) is 11.5 Å². The Labute approximate surface area is 137 Å². The fraction of sp³-hybridized carbons (Fsp3) is 0.526. The number of hydrogen-bond donors (Lipinski definition) is 1. The Morgan fingerprint density at radius 2 is 2.00 bits per heavy atom. The molecule has 1 saturated carbocycles. The Balaban J connectivity index is 1.76. The average molecular weight is 315 g/mol. The predicted octanol–water partition coefficient (Wildman–Crippen LogP) is 4.37. The standard InChI is InChI=1S/C19H25NO3/c1-12(2)14-7-8-19(3,4)10-15(14)18(21)20-13-5-6-16-17(9-13)23-11-22-16/h5-6,9,14-15H,1,7-8,10-11H2,2-4H3,(H,20,21). The van der Waals surface area contributed by atoms with Crippen LogP contribution in [0, 0.1) is 17.3 Å².